The molecule has 32 heavy (non-hydrogen) atoms. The van der Waals surface area contributed by atoms with Gasteiger partial charge in [-0.15, -0.1) is 0 Å². The van der Waals surface area contributed by atoms with E-state index in [1.165, 1.54) is 12.1 Å². The molecule has 0 saturated carbocycles. The van der Waals surface area contributed by atoms with E-state index in [9.17, 15) is 22.8 Å². The van der Waals surface area contributed by atoms with Gasteiger partial charge in [-0.25, -0.2) is 13.2 Å². The highest BCUT2D eigenvalue weighted by atomic mass is 32.2. The second-order valence-corrected chi connectivity index (χ2v) is 9.28. The molecule has 0 unspecified atom stereocenters. The van der Waals surface area contributed by atoms with Crippen molar-refractivity contribution < 1.29 is 27.5 Å². The molecule has 0 radical (unpaired) electrons. The number of carbonyl (C=O) groups excluding carboxylic acids is 3. The molecular weight excluding hydrogens is 434 g/mol. The number of aryl methyl sites for hydroxylation is 2. The molecule has 0 aliphatic carbocycles. The van der Waals surface area contributed by atoms with Gasteiger partial charge < -0.3 is 10.1 Å². The summed E-state index contributed by atoms with van der Waals surface area (Å²) in [6.45, 7) is 6.35. The first kappa shape index (κ1) is 25.0. The number of sulfonamides is 1. The maximum atomic E-state index is 12.5. The minimum Gasteiger partial charge on any atom is -0.454 e. The van der Waals surface area contributed by atoms with Gasteiger partial charge in [0.2, 0.25) is 10.0 Å². The van der Waals surface area contributed by atoms with Crippen molar-refractivity contribution in [3.05, 3.63) is 59.7 Å². The normalized spacial score (nSPS) is 12.2. The lowest BCUT2D eigenvalue weighted by Gasteiger charge is -2.20. The first-order valence-electron chi connectivity index (χ1n) is 9.91. The summed E-state index contributed by atoms with van der Waals surface area (Å²) in [5, 5.41) is 4.57. The van der Waals surface area contributed by atoms with E-state index in [0.717, 1.165) is 11.1 Å². The standard InChI is InChI=1S/C22H27N3O6S/c1-14(2)20(25-32(29,30)18-8-6-5-7-9-18)21(27)31-13-19(26)24-22(28)23-17-11-10-15(3)16(4)12-17/h5-12,14,20,25H,13H2,1-4H3,(H2,23,24,26,28)/t20-/m0/s1. The zero-order valence-corrected chi connectivity index (χ0v) is 19.2. The van der Waals surface area contributed by atoms with Gasteiger partial charge in [0.15, 0.2) is 6.61 Å². The van der Waals surface area contributed by atoms with Gasteiger partial charge in [-0.2, -0.15) is 4.72 Å². The van der Waals surface area contributed by atoms with Crippen molar-refractivity contribution >= 4 is 33.6 Å². The van der Waals surface area contributed by atoms with Crippen LogP contribution in [-0.2, 0) is 24.3 Å². The Bertz CT molecular complexity index is 1080. The van der Waals surface area contributed by atoms with E-state index in [1.807, 2.05) is 19.9 Å². The molecule has 0 aliphatic heterocycles. The van der Waals surface area contributed by atoms with Crippen LogP contribution < -0.4 is 15.4 Å². The first-order valence-corrected chi connectivity index (χ1v) is 11.4. The van der Waals surface area contributed by atoms with E-state index in [-0.39, 0.29) is 4.90 Å². The van der Waals surface area contributed by atoms with Crippen LogP contribution in [0.15, 0.2) is 53.4 Å². The summed E-state index contributed by atoms with van der Waals surface area (Å²) < 4.78 is 32.2. The number of nitrogens with one attached hydrogen (secondary N) is 3. The molecule has 9 nitrogen and oxygen atoms in total. The van der Waals surface area contributed by atoms with E-state index in [4.69, 9.17) is 4.74 Å². The van der Waals surface area contributed by atoms with Crippen LogP contribution in [-0.4, -0.2) is 39.0 Å². The highest BCUT2D eigenvalue weighted by molar-refractivity contribution is 7.89. The molecule has 10 heteroatoms. The lowest BCUT2D eigenvalue weighted by molar-refractivity contribution is -0.150. The molecule has 0 aliphatic rings. The van der Waals surface area contributed by atoms with E-state index < -0.39 is 46.5 Å². The maximum Gasteiger partial charge on any atom is 0.325 e. The van der Waals surface area contributed by atoms with Gasteiger partial charge in [-0.1, -0.05) is 38.1 Å². The highest BCUT2D eigenvalue weighted by Gasteiger charge is 2.30. The average Bonchev–Trinajstić information content (AvgIpc) is 2.73. The second kappa shape index (κ2) is 10.9. The SMILES string of the molecule is Cc1ccc(NC(=O)NC(=O)COC(=O)[C@@H](NS(=O)(=O)c2ccccc2)C(C)C)cc1C. The Hall–Kier alpha value is -3.24. The first-order chi connectivity index (χ1) is 15.0. The number of imide groups is 1. The highest BCUT2D eigenvalue weighted by Crippen LogP contribution is 2.14. The molecule has 0 saturated heterocycles. The minimum atomic E-state index is -3.96. The molecule has 172 valence electrons. The largest absolute Gasteiger partial charge is 0.454 e. The number of ether oxygens (including phenoxy) is 1. The lowest BCUT2D eigenvalue weighted by Crippen LogP contribution is -2.46. The molecule has 0 aromatic heterocycles. The Morgan fingerprint density at radius 1 is 0.969 bits per heavy atom. The summed E-state index contributed by atoms with van der Waals surface area (Å²) in [7, 11) is -3.96. The van der Waals surface area contributed by atoms with E-state index in [2.05, 4.69) is 15.4 Å². The lowest BCUT2D eigenvalue weighted by atomic mass is 10.1. The maximum absolute atomic E-state index is 12.5. The van der Waals surface area contributed by atoms with Gasteiger partial charge >= 0.3 is 12.0 Å². The summed E-state index contributed by atoms with van der Waals surface area (Å²) in [6, 6.07) is 10.9. The summed E-state index contributed by atoms with van der Waals surface area (Å²) >= 11 is 0. The van der Waals surface area contributed by atoms with Gasteiger partial charge in [0.05, 0.1) is 4.90 Å². The molecule has 2 aromatic carbocycles. The van der Waals surface area contributed by atoms with Crippen molar-refractivity contribution in [2.24, 2.45) is 5.92 Å². The number of hydrogen-bond acceptors (Lipinski definition) is 6. The fourth-order valence-corrected chi connectivity index (χ4v) is 4.02. The third-order valence-corrected chi connectivity index (χ3v) is 6.08. The Kier molecular flexibility index (Phi) is 8.50. The fourth-order valence-electron chi connectivity index (χ4n) is 2.66. The number of amides is 3. The van der Waals surface area contributed by atoms with Crippen LogP contribution in [0, 0.1) is 19.8 Å². The van der Waals surface area contributed by atoms with Gasteiger partial charge in [0, 0.05) is 5.69 Å². The molecule has 0 fully saturated rings. The summed E-state index contributed by atoms with van der Waals surface area (Å²) in [5.74, 6) is -2.23. The van der Waals surface area contributed by atoms with Crippen molar-refractivity contribution in [1.82, 2.24) is 10.0 Å². The van der Waals surface area contributed by atoms with Crippen LogP contribution in [0.25, 0.3) is 0 Å². The second-order valence-electron chi connectivity index (χ2n) is 7.57. The molecule has 3 N–H and O–H groups in total. The van der Waals surface area contributed by atoms with Crippen LogP contribution in [0.3, 0.4) is 0 Å². The van der Waals surface area contributed by atoms with Gasteiger partial charge in [0.25, 0.3) is 5.91 Å². The van der Waals surface area contributed by atoms with E-state index >= 15 is 0 Å². The number of urea groups is 1. The topological polar surface area (TPSA) is 131 Å². The van der Waals surface area contributed by atoms with Crippen molar-refractivity contribution in [3.63, 3.8) is 0 Å². The molecule has 0 spiro atoms. The summed E-state index contributed by atoms with van der Waals surface area (Å²) in [4.78, 5) is 36.4. The fraction of sp³-hybridized carbons (Fsp3) is 0.318. The Labute approximate surface area is 187 Å². The monoisotopic (exact) mass is 461 g/mol. The molecular formula is C22H27N3O6S. The van der Waals surface area contributed by atoms with Crippen LogP contribution >= 0.6 is 0 Å². The number of benzene rings is 2. The van der Waals surface area contributed by atoms with Crippen LogP contribution in [0.5, 0.6) is 0 Å². The Balaban J connectivity index is 1.91. The average molecular weight is 462 g/mol. The van der Waals surface area contributed by atoms with Gasteiger partial charge in [0.1, 0.15) is 6.04 Å². The summed E-state index contributed by atoms with van der Waals surface area (Å²) in [6.07, 6.45) is 0. The number of carbonyl (C=O) groups is 3. The smallest absolute Gasteiger partial charge is 0.325 e. The molecule has 1 atom stereocenters. The third kappa shape index (κ3) is 7.17. The molecule has 0 bridgehead atoms. The van der Waals surface area contributed by atoms with Crippen molar-refractivity contribution in [2.45, 2.75) is 38.6 Å². The predicted octanol–water partition coefficient (Wildman–Crippen LogP) is 2.50. The molecule has 2 rings (SSSR count). The number of hydrogen-bond donors (Lipinski definition) is 3. The number of rotatable bonds is 8. The number of esters is 1. The van der Waals surface area contributed by atoms with Crippen molar-refractivity contribution in [1.29, 1.82) is 0 Å². The summed E-state index contributed by atoms with van der Waals surface area (Å²) in [5.41, 5.74) is 2.54. The molecule has 2 aromatic rings. The number of anilines is 1. The van der Waals surface area contributed by atoms with Crippen molar-refractivity contribution in [3.8, 4) is 0 Å². The van der Waals surface area contributed by atoms with Gasteiger partial charge in [-0.3, -0.25) is 14.9 Å². The molecule has 0 heterocycles. The third-order valence-electron chi connectivity index (χ3n) is 4.62. The zero-order chi connectivity index (χ0) is 23.9. The van der Waals surface area contributed by atoms with E-state index in [1.54, 1.807) is 44.2 Å². The quantitative estimate of drug-likeness (QED) is 0.518. The van der Waals surface area contributed by atoms with Crippen molar-refractivity contribution in [2.75, 3.05) is 11.9 Å². The minimum absolute atomic E-state index is 0.000735. The van der Waals surface area contributed by atoms with Crippen LogP contribution in [0.1, 0.15) is 25.0 Å². The van der Waals surface area contributed by atoms with E-state index in [0.29, 0.717) is 5.69 Å². The Morgan fingerprint density at radius 3 is 2.22 bits per heavy atom. The predicted molar refractivity (Wildman–Crippen MR) is 119 cm³/mol. The van der Waals surface area contributed by atoms with Crippen LogP contribution in [0.4, 0.5) is 10.5 Å². The zero-order valence-electron chi connectivity index (χ0n) is 18.3. The Morgan fingerprint density at radius 2 is 1.62 bits per heavy atom. The van der Waals surface area contributed by atoms with Crippen LogP contribution in [0.2, 0.25) is 0 Å². The van der Waals surface area contributed by atoms with Gasteiger partial charge in [-0.05, 0) is 55.2 Å². The molecule has 3 amide bonds.